The van der Waals surface area contributed by atoms with E-state index in [1.165, 1.54) is 12.1 Å². The number of hydrogen-bond donors (Lipinski definition) is 2. The maximum Gasteiger partial charge on any atom is 0.309 e. The molecule has 0 aliphatic carbocycles. The Bertz CT molecular complexity index is 539. The Morgan fingerprint density at radius 3 is 2.37 bits per heavy atom. The summed E-state index contributed by atoms with van der Waals surface area (Å²) >= 11 is 0. The van der Waals surface area contributed by atoms with E-state index in [9.17, 15) is 15.2 Å². The molecule has 2 N–H and O–H groups in total. The van der Waals surface area contributed by atoms with Crippen LogP contribution in [0.25, 0.3) is 0 Å². The van der Waals surface area contributed by atoms with Gasteiger partial charge < -0.3 is 10.4 Å². The van der Waals surface area contributed by atoms with Crippen molar-refractivity contribution in [3.8, 4) is 6.07 Å². The van der Waals surface area contributed by atoms with E-state index in [0.717, 1.165) is 0 Å². The number of nitro groups is 1. The number of aliphatic hydroxyl groups is 1. The Morgan fingerprint density at radius 2 is 1.95 bits per heavy atom. The van der Waals surface area contributed by atoms with Crippen LogP contribution in [0.1, 0.15) is 33.3 Å². The number of para-hydroxylation sites is 1. The second-order valence-electron chi connectivity index (χ2n) is 5.38. The van der Waals surface area contributed by atoms with Crippen molar-refractivity contribution in [2.75, 3.05) is 5.32 Å². The number of hydrogen-bond acceptors (Lipinski definition) is 5. The predicted molar refractivity (Wildman–Crippen MR) is 71.8 cm³/mol. The lowest BCUT2D eigenvalue weighted by atomic mass is 9.85. The van der Waals surface area contributed by atoms with Crippen LogP contribution in [0.2, 0.25) is 0 Å². The lowest BCUT2D eigenvalue weighted by Gasteiger charge is -2.38. The minimum atomic E-state index is -1.09. The lowest BCUT2D eigenvalue weighted by Crippen LogP contribution is -2.51. The van der Waals surface area contributed by atoms with Crippen molar-refractivity contribution in [1.29, 1.82) is 5.26 Å². The molecule has 0 radical (unpaired) electrons. The van der Waals surface area contributed by atoms with Crippen LogP contribution in [0, 0.1) is 21.4 Å². The summed E-state index contributed by atoms with van der Waals surface area (Å²) in [6, 6.07) is 6.27. The fraction of sp³-hybridized carbons (Fsp3) is 0.462. The molecule has 0 bridgehead atoms. The van der Waals surface area contributed by atoms with Gasteiger partial charge in [-0.15, -0.1) is 0 Å². The SMILES string of the molecule is CC(C)(O)C(C)(C)Nc1cccc(C#N)c1[N+](=O)[O-]. The monoisotopic (exact) mass is 263 g/mol. The molecule has 1 rings (SSSR count). The van der Waals surface area contributed by atoms with Gasteiger partial charge in [-0.1, -0.05) is 6.07 Å². The first-order chi connectivity index (χ1) is 8.60. The van der Waals surface area contributed by atoms with Crippen LogP contribution >= 0.6 is 0 Å². The Labute approximate surface area is 111 Å². The highest BCUT2D eigenvalue weighted by Gasteiger charge is 2.36. The average molecular weight is 263 g/mol. The predicted octanol–water partition coefficient (Wildman–Crippen LogP) is 2.43. The smallest absolute Gasteiger partial charge is 0.309 e. The van der Waals surface area contributed by atoms with Crippen molar-refractivity contribution >= 4 is 11.4 Å². The second kappa shape index (κ2) is 4.86. The summed E-state index contributed by atoms with van der Waals surface area (Å²) in [6.45, 7) is 6.69. The van der Waals surface area contributed by atoms with E-state index in [-0.39, 0.29) is 16.9 Å². The van der Waals surface area contributed by atoms with Gasteiger partial charge in [0.1, 0.15) is 17.3 Å². The fourth-order valence-corrected chi connectivity index (χ4v) is 1.42. The molecule has 0 aliphatic rings. The highest BCUT2D eigenvalue weighted by atomic mass is 16.6. The van der Waals surface area contributed by atoms with Crippen molar-refractivity contribution < 1.29 is 10.0 Å². The van der Waals surface area contributed by atoms with Crippen molar-refractivity contribution in [1.82, 2.24) is 0 Å². The molecule has 0 atom stereocenters. The van der Waals surface area contributed by atoms with Gasteiger partial charge in [-0.2, -0.15) is 5.26 Å². The summed E-state index contributed by atoms with van der Waals surface area (Å²) in [4.78, 5) is 10.5. The van der Waals surface area contributed by atoms with Crippen LogP contribution in [0.3, 0.4) is 0 Å². The van der Waals surface area contributed by atoms with Crippen LogP contribution in [0.15, 0.2) is 18.2 Å². The Morgan fingerprint density at radius 1 is 1.37 bits per heavy atom. The third kappa shape index (κ3) is 3.01. The van der Waals surface area contributed by atoms with Gasteiger partial charge in [0.2, 0.25) is 0 Å². The molecule has 0 heterocycles. The van der Waals surface area contributed by atoms with Crippen molar-refractivity contribution in [2.24, 2.45) is 0 Å². The Balaban J connectivity index is 3.31. The zero-order chi connectivity index (χ0) is 14.8. The van der Waals surface area contributed by atoms with Crippen LogP contribution in [-0.2, 0) is 0 Å². The molecular weight excluding hydrogens is 246 g/mol. The van der Waals surface area contributed by atoms with Crippen LogP contribution in [0.5, 0.6) is 0 Å². The molecule has 0 spiro atoms. The zero-order valence-electron chi connectivity index (χ0n) is 11.4. The molecule has 1 aromatic rings. The first kappa shape index (κ1) is 14.9. The largest absolute Gasteiger partial charge is 0.388 e. The highest BCUT2D eigenvalue weighted by Crippen LogP contribution is 2.33. The van der Waals surface area contributed by atoms with Gasteiger partial charge >= 0.3 is 5.69 Å². The zero-order valence-corrected chi connectivity index (χ0v) is 11.4. The van der Waals surface area contributed by atoms with Gasteiger partial charge in [-0.25, -0.2) is 0 Å². The minimum absolute atomic E-state index is 0.0125. The number of nitriles is 1. The molecule has 19 heavy (non-hydrogen) atoms. The summed E-state index contributed by atoms with van der Waals surface area (Å²) in [5.41, 5.74) is -1.96. The molecule has 0 fully saturated rings. The first-order valence-electron chi connectivity index (χ1n) is 5.78. The summed E-state index contributed by atoms with van der Waals surface area (Å²) in [6.07, 6.45) is 0. The summed E-state index contributed by atoms with van der Waals surface area (Å²) in [5, 5.41) is 33.0. The number of nitrogens with zero attached hydrogens (tertiary/aromatic N) is 2. The van der Waals surface area contributed by atoms with E-state index in [1.807, 2.05) is 0 Å². The third-order valence-electron chi connectivity index (χ3n) is 3.32. The third-order valence-corrected chi connectivity index (χ3v) is 3.32. The van der Waals surface area contributed by atoms with Gasteiger partial charge in [-0.3, -0.25) is 10.1 Å². The molecule has 0 saturated carbocycles. The molecule has 6 nitrogen and oxygen atoms in total. The average Bonchev–Trinajstić information content (AvgIpc) is 2.26. The van der Waals surface area contributed by atoms with Crippen molar-refractivity contribution in [3.63, 3.8) is 0 Å². The molecule has 0 saturated heterocycles. The number of nitrogens with one attached hydrogen (secondary N) is 1. The fourth-order valence-electron chi connectivity index (χ4n) is 1.42. The standard InChI is InChI=1S/C13H17N3O3/c1-12(2,13(3,4)17)15-10-7-5-6-9(8-14)11(10)16(18)19/h5-7,15,17H,1-4H3. The van der Waals surface area contributed by atoms with E-state index in [4.69, 9.17) is 5.26 Å². The minimum Gasteiger partial charge on any atom is -0.388 e. The van der Waals surface area contributed by atoms with Crippen LogP contribution in [-0.4, -0.2) is 21.2 Å². The van der Waals surface area contributed by atoms with E-state index in [2.05, 4.69) is 5.32 Å². The topological polar surface area (TPSA) is 99.2 Å². The maximum atomic E-state index is 11.1. The van der Waals surface area contributed by atoms with E-state index in [1.54, 1.807) is 39.8 Å². The summed E-state index contributed by atoms with van der Waals surface area (Å²) in [7, 11) is 0. The molecule has 1 aromatic carbocycles. The van der Waals surface area contributed by atoms with Crippen LogP contribution < -0.4 is 5.32 Å². The van der Waals surface area contributed by atoms with Crippen LogP contribution in [0.4, 0.5) is 11.4 Å². The number of nitro benzene ring substituents is 1. The highest BCUT2D eigenvalue weighted by molar-refractivity contribution is 5.69. The van der Waals surface area contributed by atoms with Gasteiger partial charge in [0.15, 0.2) is 0 Å². The number of rotatable bonds is 4. The van der Waals surface area contributed by atoms with Gasteiger partial charge in [-0.05, 0) is 39.8 Å². The quantitative estimate of drug-likeness (QED) is 0.642. The molecule has 0 unspecified atom stereocenters. The van der Waals surface area contributed by atoms with Gasteiger partial charge in [0.05, 0.1) is 16.1 Å². The molecule has 102 valence electrons. The first-order valence-corrected chi connectivity index (χ1v) is 5.78. The molecule has 0 aromatic heterocycles. The maximum absolute atomic E-state index is 11.1. The molecule has 6 heteroatoms. The summed E-state index contributed by atoms with van der Waals surface area (Å²) in [5.74, 6) is 0. The summed E-state index contributed by atoms with van der Waals surface area (Å²) < 4.78 is 0. The Kier molecular flexibility index (Phi) is 3.82. The number of anilines is 1. The van der Waals surface area contributed by atoms with Crippen molar-refractivity contribution in [2.45, 2.75) is 38.8 Å². The van der Waals surface area contributed by atoms with E-state index in [0.29, 0.717) is 0 Å². The number of benzene rings is 1. The molecular formula is C13H17N3O3. The molecule has 0 amide bonds. The van der Waals surface area contributed by atoms with Crippen molar-refractivity contribution in [3.05, 3.63) is 33.9 Å². The lowest BCUT2D eigenvalue weighted by molar-refractivity contribution is -0.384. The van der Waals surface area contributed by atoms with Gasteiger partial charge in [0, 0.05) is 0 Å². The van der Waals surface area contributed by atoms with E-state index >= 15 is 0 Å². The Hall–Kier alpha value is -2.13. The van der Waals surface area contributed by atoms with Gasteiger partial charge in [0.25, 0.3) is 0 Å². The second-order valence-corrected chi connectivity index (χ2v) is 5.38. The van der Waals surface area contributed by atoms with E-state index < -0.39 is 16.1 Å². The normalized spacial score (nSPS) is 11.8. The molecule has 0 aliphatic heterocycles.